The molecule has 0 aliphatic carbocycles. The Balaban J connectivity index is 0.00000161. The molecule has 0 saturated carbocycles. The SMILES string of the molecule is Cc1ccc(-c2cc(C(=O)[O-])c3cccc(Cl)c3n2)o1.[K+]. The molecule has 2 heterocycles. The van der Waals surface area contributed by atoms with Crippen LogP contribution in [-0.2, 0) is 0 Å². The van der Waals surface area contributed by atoms with E-state index in [-0.39, 0.29) is 56.9 Å². The fourth-order valence-corrected chi connectivity index (χ4v) is 2.30. The average Bonchev–Trinajstić information content (AvgIpc) is 2.85. The van der Waals surface area contributed by atoms with Gasteiger partial charge in [0.05, 0.1) is 16.5 Å². The number of aromatic nitrogens is 1. The van der Waals surface area contributed by atoms with Crippen molar-refractivity contribution in [1.82, 2.24) is 4.98 Å². The number of para-hydroxylation sites is 1. The second kappa shape index (κ2) is 6.60. The van der Waals surface area contributed by atoms with Gasteiger partial charge in [0, 0.05) is 10.9 Å². The number of pyridine rings is 1. The first-order chi connectivity index (χ1) is 9.56. The van der Waals surface area contributed by atoms with Gasteiger partial charge in [-0.1, -0.05) is 23.7 Å². The summed E-state index contributed by atoms with van der Waals surface area (Å²) in [6, 6.07) is 9.94. The van der Waals surface area contributed by atoms with Crippen LogP contribution < -0.4 is 56.5 Å². The van der Waals surface area contributed by atoms with Gasteiger partial charge >= 0.3 is 51.4 Å². The zero-order valence-corrected chi connectivity index (χ0v) is 15.4. The quantitative estimate of drug-likeness (QED) is 0.613. The number of carbonyl (C=O) groups excluding carboxylic acids is 1. The van der Waals surface area contributed by atoms with Crippen molar-refractivity contribution in [2.75, 3.05) is 0 Å². The third-order valence-electron chi connectivity index (χ3n) is 3.00. The zero-order valence-electron chi connectivity index (χ0n) is 11.5. The van der Waals surface area contributed by atoms with Gasteiger partial charge in [-0.3, -0.25) is 0 Å². The van der Waals surface area contributed by atoms with Gasteiger partial charge in [-0.15, -0.1) is 0 Å². The summed E-state index contributed by atoms with van der Waals surface area (Å²) in [6.45, 7) is 1.80. The van der Waals surface area contributed by atoms with Crippen molar-refractivity contribution < 1.29 is 65.7 Å². The van der Waals surface area contributed by atoms with Crippen molar-refractivity contribution in [2.24, 2.45) is 0 Å². The van der Waals surface area contributed by atoms with E-state index in [4.69, 9.17) is 16.0 Å². The van der Waals surface area contributed by atoms with Crippen molar-refractivity contribution >= 4 is 28.5 Å². The van der Waals surface area contributed by atoms with Gasteiger partial charge < -0.3 is 14.3 Å². The molecule has 3 aromatic rings. The Bertz CT molecular complexity index is 829. The topological polar surface area (TPSA) is 66.2 Å². The molecule has 4 nitrogen and oxygen atoms in total. The van der Waals surface area contributed by atoms with Gasteiger partial charge in [-0.2, -0.15) is 0 Å². The van der Waals surface area contributed by atoms with Crippen LogP contribution in [0.4, 0.5) is 0 Å². The molecule has 0 aliphatic rings. The van der Waals surface area contributed by atoms with E-state index in [2.05, 4.69) is 4.98 Å². The van der Waals surface area contributed by atoms with E-state index in [1.165, 1.54) is 6.07 Å². The minimum atomic E-state index is -1.27. The molecule has 2 aromatic heterocycles. The molecule has 6 heteroatoms. The van der Waals surface area contributed by atoms with E-state index < -0.39 is 5.97 Å². The maximum Gasteiger partial charge on any atom is 1.00 e. The molecule has 1 aromatic carbocycles. The molecular weight excluding hydrogens is 317 g/mol. The molecule has 0 radical (unpaired) electrons. The molecule has 0 N–H and O–H groups in total. The maximum absolute atomic E-state index is 11.3. The first-order valence-electron chi connectivity index (χ1n) is 5.93. The fourth-order valence-electron chi connectivity index (χ4n) is 2.08. The van der Waals surface area contributed by atoms with Crippen LogP contribution in [0.2, 0.25) is 5.02 Å². The summed E-state index contributed by atoms with van der Waals surface area (Å²) in [7, 11) is 0. The number of rotatable bonds is 2. The van der Waals surface area contributed by atoms with Gasteiger partial charge in [0.1, 0.15) is 11.5 Å². The Hall–Kier alpha value is -0.694. The van der Waals surface area contributed by atoms with Gasteiger partial charge in [0.25, 0.3) is 0 Å². The van der Waals surface area contributed by atoms with Crippen LogP contribution >= 0.6 is 11.6 Å². The van der Waals surface area contributed by atoms with Crippen molar-refractivity contribution in [1.29, 1.82) is 0 Å². The number of carboxylic acids is 1. The first kappa shape index (κ1) is 16.7. The number of furan rings is 1. The number of hydrogen-bond acceptors (Lipinski definition) is 4. The largest absolute Gasteiger partial charge is 1.00 e. The Morgan fingerprint density at radius 1 is 1.29 bits per heavy atom. The third-order valence-corrected chi connectivity index (χ3v) is 3.31. The van der Waals surface area contributed by atoms with Gasteiger partial charge in [0.2, 0.25) is 0 Å². The molecule has 21 heavy (non-hydrogen) atoms. The predicted molar refractivity (Wildman–Crippen MR) is 73.5 cm³/mol. The van der Waals surface area contributed by atoms with E-state index >= 15 is 0 Å². The third kappa shape index (κ3) is 3.23. The van der Waals surface area contributed by atoms with E-state index in [1.54, 1.807) is 37.3 Å². The van der Waals surface area contributed by atoms with Crippen LogP contribution in [0.3, 0.4) is 0 Å². The molecule has 0 aliphatic heterocycles. The van der Waals surface area contributed by atoms with Crippen LogP contribution in [0, 0.1) is 6.92 Å². The van der Waals surface area contributed by atoms with Crippen LogP contribution in [0.5, 0.6) is 0 Å². The van der Waals surface area contributed by atoms with Crippen molar-refractivity contribution in [3.63, 3.8) is 0 Å². The predicted octanol–water partition coefficient (Wildman–Crippen LogP) is -0.176. The number of aryl methyl sites for hydroxylation is 1. The maximum atomic E-state index is 11.3. The summed E-state index contributed by atoms with van der Waals surface area (Å²) in [4.78, 5) is 15.7. The molecule has 0 unspecified atom stereocenters. The second-order valence-corrected chi connectivity index (χ2v) is 4.80. The molecule has 0 spiro atoms. The minimum Gasteiger partial charge on any atom is -0.545 e. The second-order valence-electron chi connectivity index (χ2n) is 4.39. The van der Waals surface area contributed by atoms with Crippen LogP contribution in [0.1, 0.15) is 16.1 Å². The number of hydrogen-bond donors (Lipinski definition) is 0. The van der Waals surface area contributed by atoms with Crippen molar-refractivity contribution in [3.05, 3.63) is 52.7 Å². The van der Waals surface area contributed by atoms with E-state index in [0.717, 1.165) is 5.76 Å². The molecule has 0 fully saturated rings. The molecule has 3 rings (SSSR count). The fraction of sp³-hybridized carbons (Fsp3) is 0.0667. The molecule has 0 saturated heterocycles. The van der Waals surface area contributed by atoms with Crippen LogP contribution in [0.15, 0.2) is 40.8 Å². The normalized spacial score (nSPS) is 10.4. The monoisotopic (exact) mass is 325 g/mol. The van der Waals surface area contributed by atoms with Gasteiger partial charge in [0.15, 0.2) is 5.76 Å². The summed E-state index contributed by atoms with van der Waals surface area (Å²) in [5.41, 5.74) is 0.874. The van der Waals surface area contributed by atoms with Gasteiger partial charge in [-0.05, 0) is 31.2 Å². The van der Waals surface area contributed by atoms with Crippen molar-refractivity contribution in [2.45, 2.75) is 6.92 Å². The number of benzene rings is 1. The Kier molecular flexibility index (Phi) is 5.24. The van der Waals surface area contributed by atoms with Crippen LogP contribution in [0.25, 0.3) is 22.4 Å². The average molecular weight is 326 g/mol. The number of aromatic carboxylic acids is 1. The number of carbonyl (C=O) groups is 1. The smallest absolute Gasteiger partial charge is 0.545 e. The number of fused-ring (bicyclic) bond motifs is 1. The van der Waals surface area contributed by atoms with Crippen LogP contribution in [-0.4, -0.2) is 11.0 Å². The molecule has 100 valence electrons. The number of halogens is 1. The zero-order chi connectivity index (χ0) is 14.3. The Morgan fingerprint density at radius 3 is 2.67 bits per heavy atom. The minimum absolute atomic E-state index is 0. The summed E-state index contributed by atoms with van der Waals surface area (Å²) < 4.78 is 5.47. The Labute approximate surface area is 168 Å². The summed E-state index contributed by atoms with van der Waals surface area (Å²) in [5.74, 6) is -0.0629. The van der Waals surface area contributed by atoms with E-state index in [0.29, 0.717) is 27.4 Å². The summed E-state index contributed by atoms with van der Waals surface area (Å²) in [5, 5.41) is 12.1. The number of carboxylic acid groups (broad SMARTS) is 1. The molecular formula is C15H9ClKNO3. The Morgan fingerprint density at radius 2 is 2.05 bits per heavy atom. The van der Waals surface area contributed by atoms with E-state index in [9.17, 15) is 9.90 Å². The molecule has 0 bridgehead atoms. The summed E-state index contributed by atoms with van der Waals surface area (Å²) in [6.07, 6.45) is 0. The van der Waals surface area contributed by atoms with Gasteiger partial charge in [-0.25, -0.2) is 4.98 Å². The van der Waals surface area contributed by atoms with Crippen molar-refractivity contribution in [3.8, 4) is 11.5 Å². The first-order valence-corrected chi connectivity index (χ1v) is 6.31. The molecule has 0 atom stereocenters. The number of nitrogens with zero attached hydrogens (tertiary/aromatic N) is 1. The standard InChI is InChI=1S/C15H10ClNO3.K/c1-8-5-6-13(20-8)12-7-10(15(18)19)9-3-2-4-11(16)14(9)17-12;/h2-7H,1H3,(H,18,19);/q;+1/p-1. The summed E-state index contributed by atoms with van der Waals surface area (Å²) >= 11 is 6.09. The molecule has 0 amide bonds. The van der Waals surface area contributed by atoms with E-state index in [1.807, 2.05) is 0 Å².